The molecule has 3 amide bonds. The minimum Gasteiger partial charge on any atom is -0.445 e. The number of nitrogens with zero attached hydrogens (tertiary/aromatic N) is 1. The van der Waals surface area contributed by atoms with Crippen LogP contribution < -0.4 is 16.4 Å². The minimum absolute atomic E-state index is 0. The number of rotatable bonds is 16. The van der Waals surface area contributed by atoms with E-state index >= 15 is 0 Å². The zero-order valence-corrected chi connectivity index (χ0v) is 22.4. The molecule has 38 heavy (non-hydrogen) atoms. The summed E-state index contributed by atoms with van der Waals surface area (Å²) >= 11 is 0. The number of hydrogen-bond acceptors (Lipinski definition) is 7. The molecule has 0 saturated heterocycles. The molecular formula is C27H39ClN4O6. The number of halogens is 1. The number of amides is 3. The third-order valence-electron chi connectivity index (χ3n) is 5.42. The number of aliphatic hydroxyl groups is 1. The summed E-state index contributed by atoms with van der Waals surface area (Å²) in [6.45, 7) is 1.99. The molecule has 2 rings (SSSR count). The van der Waals surface area contributed by atoms with E-state index in [-0.39, 0.29) is 44.5 Å². The van der Waals surface area contributed by atoms with Crippen LogP contribution in [-0.4, -0.2) is 66.9 Å². The highest BCUT2D eigenvalue weighted by Crippen LogP contribution is 2.06. The molecule has 1 unspecified atom stereocenters. The van der Waals surface area contributed by atoms with Gasteiger partial charge in [0.1, 0.15) is 13.2 Å². The molecular weight excluding hydrogens is 512 g/mol. The lowest BCUT2D eigenvalue weighted by Crippen LogP contribution is -2.36. The van der Waals surface area contributed by atoms with Crippen molar-refractivity contribution in [2.75, 3.05) is 32.7 Å². The zero-order chi connectivity index (χ0) is 26.7. The van der Waals surface area contributed by atoms with Gasteiger partial charge >= 0.3 is 12.2 Å². The first-order chi connectivity index (χ1) is 18.0. The number of carbonyl (C=O) groups is 3. The molecule has 0 fully saturated rings. The molecule has 0 heterocycles. The number of unbranched alkanes of at least 4 members (excludes halogenated alkanes) is 1. The van der Waals surface area contributed by atoms with Crippen LogP contribution in [0.5, 0.6) is 0 Å². The zero-order valence-electron chi connectivity index (χ0n) is 21.6. The van der Waals surface area contributed by atoms with Gasteiger partial charge in [-0.05, 0) is 30.4 Å². The van der Waals surface area contributed by atoms with Crippen LogP contribution in [0.2, 0.25) is 0 Å². The SMILES string of the molecule is Cl.NCC(O)CC(=O)NCCCCN(CCCNC(=O)OCc1ccccc1)C(=O)OCc1ccccc1. The Labute approximate surface area is 230 Å². The fourth-order valence-electron chi connectivity index (χ4n) is 3.36. The van der Waals surface area contributed by atoms with Crippen molar-refractivity contribution in [3.05, 3.63) is 71.8 Å². The number of nitrogens with two attached hydrogens (primary N) is 1. The molecule has 10 nitrogen and oxygen atoms in total. The monoisotopic (exact) mass is 550 g/mol. The van der Waals surface area contributed by atoms with E-state index in [0.717, 1.165) is 11.1 Å². The van der Waals surface area contributed by atoms with E-state index in [9.17, 15) is 19.5 Å². The third-order valence-corrected chi connectivity index (χ3v) is 5.42. The minimum atomic E-state index is -0.848. The molecule has 0 aliphatic rings. The van der Waals surface area contributed by atoms with Gasteiger partial charge in [-0.1, -0.05) is 60.7 Å². The number of benzene rings is 2. The lowest BCUT2D eigenvalue weighted by Gasteiger charge is -2.22. The van der Waals surface area contributed by atoms with Crippen LogP contribution in [0.1, 0.15) is 36.8 Å². The number of ether oxygens (including phenoxy) is 2. The van der Waals surface area contributed by atoms with Crippen LogP contribution in [0.15, 0.2) is 60.7 Å². The first-order valence-corrected chi connectivity index (χ1v) is 12.5. The number of hydrogen-bond donors (Lipinski definition) is 4. The average Bonchev–Trinajstić information content (AvgIpc) is 2.92. The van der Waals surface area contributed by atoms with E-state index in [0.29, 0.717) is 45.4 Å². The first kappa shape index (κ1) is 32.7. The lowest BCUT2D eigenvalue weighted by molar-refractivity contribution is -0.122. The molecule has 5 N–H and O–H groups in total. The van der Waals surface area contributed by atoms with Gasteiger partial charge in [0.2, 0.25) is 5.91 Å². The van der Waals surface area contributed by atoms with Gasteiger partial charge in [0.25, 0.3) is 0 Å². The molecule has 0 aliphatic carbocycles. The summed E-state index contributed by atoms with van der Waals surface area (Å²) in [5.74, 6) is -0.262. The van der Waals surface area contributed by atoms with Gasteiger partial charge < -0.3 is 35.8 Å². The molecule has 210 valence electrons. The summed E-state index contributed by atoms with van der Waals surface area (Å²) in [5.41, 5.74) is 7.11. The molecule has 0 saturated carbocycles. The quantitative estimate of drug-likeness (QED) is 0.235. The van der Waals surface area contributed by atoms with E-state index in [1.165, 1.54) is 0 Å². The van der Waals surface area contributed by atoms with Gasteiger partial charge in [-0.15, -0.1) is 12.4 Å². The third kappa shape index (κ3) is 14.4. The number of nitrogens with one attached hydrogen (secondary N) is 2. The fourth-order valence-corrected chi connectivity index (χ4v) is 3.36. The Balaban J connectivity index is 0.00000722. The van der Waals surface area contributed by atoms with E-state index in [1.807, 2.05) is 60.7 Å². The van der Waals surface area contributed by atoms with Crippen molar-refractivity contribution in [1.29, 1.82) is 0 Å². The Morgan fingerprint density at radius 2 is 1.37 bits per heavy atom. The summed E-state index contributed by atoms with van der Waals surface area (Å²) in [4.78, 5) is 38.0. The van der Waals surface area contributed by atoms with Crippen molar-refractivity contribution in [3.63, 3.8) is 0 Å². The van der Waals surface area contributed by atoms with Crippen molar-refractivity contribution in [2.24, 2.45) is 5.73 Å². The molecule has 0 radical (unpaired) electrons. The molecule has 2 aromatic rings. The van der Waals surface area contributed by atoms with Crippen molar-refractivity contribution in [2.45, 2.75) is 45.0 Å². The molecule has 1 atom stereocenters. The maximum atomic E-state index is 12.7. The van der Waals surface area contributed by atoms with Gasteiger partial charge in [-0.3, -0.25) is 4.79 Å². The van der Waals surface area contributed by atoms with Crippen LogP contribution in [-0.2, 0) is 27.5 Å². The summed E-state index contributed by atoms with van der Waals surface area (Å²) in [6.07, 6.45) is -0.0182. The maximum absolute atomic E-state index is 12.7. The van der Waals surface area contributed by atoms with Gasteiger partial charge in [0.05, 0.1) is 12.5 Å². The average molecular weight is 551 g/mol. The highest BCUT2D eigenvalue weighted by molar-refractivity contribution is 5.85. The van der Waals surface area contributed by atoms with E-state index in [1.54, 1.807) is 4.90 Å². The molecule has 11 heteroatoms. The Hall–Kier alpha value is -3.34. The standard InChI is InChI=1S/C27H38N4O6.ClH/c28-19-24(32)18-25(33)29-14-7-8-16-31(27(35)37-21-23-12-5-2-6-13-23)17-9-15-30-26(34)36-20-22-10-3-1-4-11-22;/h1-6,10-13,24,32H,7-9,14-21,28H2,(H,29,33)(H,30,34);1H. The summed E-state index contributed by atoms with van der Waals surface area (Å²) in [7, 11) is 0. The number of alkyl carbamates (subject to hydrolysis) is 1. The molecule has 0 aliphatic heterocycles. The van der Waals surface area contributed by atoms with Crippen molar-refractivity contribution in [3.8, 4) is 0 Å². The predicted octanol–water partition coefficient (Wildman–Crippen LogP) is 2.97. The van der Waals surface area contributed by atoms with Crippen LogP contribution in [0.3, 0.4) is 0 Å². The Bertz CT molecular complexity index is 936. The summed E-state index contributed by atoms with van der Waals surface area (Å²) in [5, 5.41) is 14.9. The van der Waals surface area contributed by atoms with Gasteiger partial charge in [-0.25, -0.2) is 9.59 Å². The Kier molecular flexibility index (Phi) is 17.0. The van der Waals surface area contributed by atoms with Gasteiger partial charge in [-0.2, -0.15) is 0 Å². The number of carbonyl (C=O) groups excluding carboxylic acids is 3. The first-order valence-electron chi connectivity index (χ1n) is 12.5. The van der Waals surface area contributed by atoms with Crippen LogP contribution >= 0.6 is 12.4 Å². The number of aliphatic hydroxyl groups excluding tert-OH is 1. The molecule has 0 spiro atoms. The van der Waals surface area contributed by atoms with E-state index in [2.05, 4.69) is 10.6 Å². The van der Waals surface area contributed by atoms with Gasteiger partial charge in [0.15, 0.2) is 0 Å². The second-order valence-electron chi connectivity index (χ2n) is 8.52. The molecule has 0 aromatic heterocycles. The largest absolute Gasteiger partial charge is 0.445 e. The Morgan fingerprint density at radius 3 is 1.97 bits per heavy atom. The van der Waals surface area contributed by atoms with Gasteiger partial charge in [0, 0.05) is 32.7 Å². The molecule has 0 bridgehead atoms. The van der Waals surface area contributed by atoms with Crippen molar-refractivity contribution < 1.29 is 29.0 Å². The van der Waals surface area contributed by atoms with Crippen molar-refractivity contribution >= 4 is 30.5 Å². The second kappa shape index (κ2) is 19.7. The van der Waals surface area contributed by atoms with Crippen LogP contribution in [0.4, 0.5) is 9.59 Å². The van der Waals surface area contributed by atoms with Crippen LogP contribution in [0, 0.1) is 0 Å². The smallest absolute Gasteiger partial charge is 0.410 e. The highest BCUT2D eigenvalue weighted by Gasteiger charge is 2.15. The van der Waals surface area contributed by atoms with Crippen molar-refractivity contribution in [1.82, 2.24) is 15.5 Å². The summed E-state index contributed by atoms with van der Waals surface area (Å²) in [6, 6.07) is 18.8. The normalized spacial score (nSPS) is 11.0. The molecule has 2 aromatic carbocycles. The predicted molar refractivity (Wildman–Crippen MR) is 147 cm³/mol. The van der Waals surface area contributed by atoms with E-state index < -0.39 is 18.3 Å². The Morgan fingerprint density at radius 1 is 0.816 bits per heavy atom. The fraction of sp³-hybridized carbons (Fsp3) is 0.444. The lowest BCUT2D eigenvalue weighted by atomic mass is 10.2. The van der Waals surface area contributed by atoms with Crippen LogP contribution in [0.25, 0.3) is 0 Å². The topological polar surface area (TPSA) is 143 Å². The van der Waals surface area contributed by atoms with E-state index in [4.69, 9.17) is 15.2 Å². The summed E-state index contributed by atoms with van der Waals surface area (Å²) < 4.78 is 10.7. The highest BCUT2D eigenvalue weighted by atomic mass is 35.5. The second-order valence-corrected chi connectivity index (χ2v) is 8.52. The maximum Gasteiger partial charge on any atom is 0.410 e.